The highest BCUT2D eigenvalue weighted by Crippen LogP contribution is 2.42. The van der Waals surface area contributed by atoms with Gasteiger partial charge in [0.25, 0.3) is 0 Å². The fourth-order valence-corrected chi connectivity index (χ4v) is 13.1. The molecule has 11 nitrogen and oxygen atoms in total. The Hall–Kier alpha value is -2.53. The number of unbranched alkanes of at least 4 members (excludes halogenated alkanes) is 1. The highest BCUT2D eigenvalue weighted by atomic mass is 16.6. The number of hydrogen-bond donors (Lipinski definition) is 4. The summed E-state index contributed by atoms with van der Waals surface area (Å²) < 4.78 is 11.3. The van der Waals surface area contributed by atoms with Crippen molar-refractivity contribution in [2.45, 2.75) is 271 Å². The van der Waals surface area contributed by atoms with E-state index in [-0.39, 0.29) is 82.5 Å². The predicted molar refractivity (Wildman–Crippen MR) is 271 cm³/mol. The summed E-state index contributed by atoms with van der Waals surface area (Å²) in [5, 5.41) is 14.5. The van der Waals surface area contributed by atoms with E-state index in [0.29, 0.717) is 38.8 Å². The van der Waals surface area contributed by atoms with E-state index in [1.165, 1.54) is 0 Å². The zero-order valence-corrected chi connectivity index (χ0v) is 44.6. The fraction of sp³-hybridized carbons (Fsp3) is 0.911. The molecule has 0 heterocycles. The number of nitrogens with one attached hydrogen (secondary N) is 4. The molecule has 4 N–H and O–H groups in total. The lowest BCUT2D eigenvalue weighted by Crippen LogP contribution is -2.62. The summed E-state index contributed by atoms with van der Waals surface area (Å²) in [6, 6.07) is 0.0179. The van der Waals surface area contributed by atoms with Crippen molar-refractivity contribution in [3.8, 4) is 0 Å². The first-order valence-electron chi connectivity index (χ1n) is 27.9. The van der Waals surface area contributed by atoms with Gasteiger partial charge in [0, 0.05) is 42.9 Å². The maximum atomic E-state index is 15.2. The number of carbonyl (C=O) groups excluding carboxylic acids is 5. The highest BCUT2D eigenvalue weighted by molar-refractivity contribution is 5.91. The molecule has 4 rings (SSSR count). The zero-order chi connectivity index (χ0) is 49.4. The number of ether oxygens (including phenoxy) is 2. The number of esters is 1. The van der Waals surface area contributed by atoms with Crippen molar-refractivity contribution in [1.82, 2.24) is 21.3 Å². The first-order valence-corrected chi connectivity index (χ1v) is 27.9. The van der Waals surface area contributed by atoms with E-state index < -0.39 is 22.8 Å². The molecule has 0 aliphatic heterocycles. The van der Waals surface area contributed by atoms with Crippen LogP contribution in [0.1, 0.15) is 237 Å². The summed E-state index contributed by atoms with van der Waals surface area (Å²) in [6.07, 6.45) is 22.2. The third-order valence-corrected chi connectivity index (χ3v) is 17.4. The van der Waals surface area contributed by atoms with Crippen LogP contribution in [0.5, 0.6) is 0 Å². The second kappa shape index (κ2) is 26.6. The van der Waals surface area contributed by atoms with Gasteiger partial charge >= 0.3 is 12.1 Å². The molecule has 0 aromatic carbocycles. The Morgan fingerprint density at radius 2 is 1.03 bits per heavy atom. The van der Waals surface area contributed by atoms with Crippen LogP contribution in [0.4, 0.5) is 4.79 Å². The second-order valence-electron chi connectivity index (χ2n) is 23.3. The van der Waals surface area contributed by atoms with Crippen LogP contribution >= 0.6 is 0 Å². The van der Waals surface area contributed by atoms with Gasteiger partial charge in [0.15, 0.2) is 11.6 Å². The summed E-state index contributed by atoms with van der Waals surface area (Å²) >= 11 is 0. The molecule has 0 aromatic heterocycles. The van der Waals surface area contributed by atoms with Gasteiger partial charge in [-0.3, -0.25) is 19.2 Å². The molecule has 4 aliphatic rings. The van der Waals surface area contributed by atoms with Gasteiger partial charge in [0.2, 0.25) is 5.91 Å². The van der Waals surface area contributed by atoms with Crippen LogP contribution in [-0.2, 0) is 28.7 Å². The third-order valence-electron chi connectivity index (χ3n) is 17.4. The van der Waals surface area contributed by atoms with Gasteiger partial charge in [0.1, 0.15) is 5.60 Å². The van der Waals surface area contributed by atoms with Gasteiger partial charge in [-0.25, -0.2) is 4.79 Å². The van der Waals surface area contributed by atoms with Crippen LogP contribution < -0.4 is 21.3 Å². The third kappa shape index (κ3) is 15.7. The number of Topliss-reactive ketones (excluding diaryl/α,β-unsaturated/α-hetero) is 2. The number of hydrogen-bond acceptors (Lipinski definition) is 9. The molecule has 0 radical (unpaired) electrons. The van der Waals surface area contributed by atoms with Crippen molar-refractivity contribution in [2.75, 3.05) is 13.2 Å². The van der Waals surface area contributed by atoms with Gasteiger partial charge in [-0.15, -0.1) is 0 Å². The summed E-state index contributed by atoms with van der Waals surface area (Å²) in [4.78, 5) is 70.7. The minimum atomic E-state index is -0.781. The second-order valence-corrected chi connectivity index (χ2v) is 23.3. The van der Waals surface area contributed by atoms with Crippen LogP contribution in [0.3, 0.4) is 0 Å². The van der Waals surface area contributed by atoms with Gasteiger partial charge in [-0.2, -0.15) is 0 Å². The Morgan fingerprint density at radius 1 is 0.582 bits per heavy atom. The number of ketones is 2. The molecule has 0 saturated heterocycles. The number of amides is 2. The Bertz CT molecular complexity index is 1570. The smallest absolute Gasteiger partial charge is 0.407 e. The van der Waals surface area contributed by atoms with E-state index >= 15 is 9.59 Å². The van der Waals surface area contributed by atoms with E-state index in [9.17, 15) is 14.4 Å². The molecule has 2 amide bonds. The SMILES string of the molecule is CCCCOC(=O)[C@@H](CC)[C@@H]1CCCC[C@@H]1N[C@](C)(CC)C(=O)[C@@H](CC)[C@@H]1CCCC[C@@H]1NC(C)(CC)C(=O)[C@@H](CC)[C@@H]1CCCC[C@@H]1NC(=O)CC1(CNC(=O)OC(C)(C)C)CCCCC1. The minimum absolute atomic E-state index is 0.0199. The van der Waals surface area contributed by atoms with E-state index in [2.05, 4.69) is 76.7 Å². The zero-order valence-electron chi connectivity index (χ0n) is 44.6. The standard InChI is InChI=1S/C56H100N4O7/c1-12-18-36-66-51(64)41(15-4)44-30-22-25-33-47(44)60-55(11,17-6)50(63)40(14-3)43-29-21-24-32-46(43)59-54(10,16-5)49(62)39(13-2)42-28-20-23-31-45(42)58-48(61)37-56(34-26-19-27-35-56)38-57-52(65)67-53(7,8)9/h39-47,59-60H,12-38H2,1-11H3,(H,57,65)(H,58,61)/t39-,40-,41-,42-,43-,44-,45-,46-,47-,54?,55+/m0/s1. The normalized spacial score (nSPS) is 27.8. The van der Waals surface area contributed by atoms with Gasteiger partial charge < -0.3 is 30.7 Å². The first kappa shape index (κ1) is 57.1. The van der Waals surface area contributed by atoms with Crippen molar-refractivity contribution in [1.29, 1.82) is 0 Å². The monoisotopic (exact) mass is 941 g/mol. The van der Waals surface area contributed by atoms with Crippen LogP contribution in [0, 0.1) is 40.9 Å². The van der Waals surface area contributed by atoms with Gasteiger partial charge in [-0.05, 0) is 148 Å². The largest absolute Gasteiger partial charge is 0.465 e. The summed E-state index contributed by atoms with van der Waals surface area (Å²) in [6.45, 7) is 23.4. The molecule has 4 fully saturated rings. The summed E-state index contributed by atoms with van der Waals surface area (Å²) in [5.41, 5.74) is -2.43. The summed E-state index contributed by atoms with van der Waals surface area (Å²) in [7, 11) is 0. The quantitative estimate of drug-likeness (QED) is 0.0518. The number of rotatable bonds is 25. The van der Waals surface area contributed by atoms with Crippen molar-refractivity contribution < 1.29 is 33.4 Å². The van der Waals surface area contributed by atoms with E-state index in [0.717, 1.165) is 135 Å². The molecule has 4 aliphatic carbocycles. The lowest BCUT2D eigenvalue weighted by Gasteiger charge is -2.47. The average Bonchev–Trinajstić information content (AvgIpc) is 3.30. The molecule has 386 valence electrons. The predicted octanol–water partition coefficient (Wildman–Crippen LogP) is 11.7. The molecule has 11 atom stereocenters. The first-order chi connectivity index (χ1) is 31.8. The molecule has 0 aromatic rings. The Kier molecular flexibility index (Phi) is 22.7. The molecule has 11 heteroatoms. The Balaban J connectivity index is 1.50. The molecule has 0 bridgehead atoms. The topological polar surface area (TPSA) is 152 Å². The van der Waals surface area contributed by atoms with Crippen molar-refractivity contribution in [2.24, 2.45) is 40.9 Å². The van der Waals surface area contributed by atoms with Crippen LogP contribution in [-0.4, -0.2) is 77.5 Å². The molecule has 0 spiro atoms. The van der Waals surface area contributed by atoms with E-state index in [4.69, 9.17) is 9.47 Å². The molecular weight excluding hydrogens is 841 g/mol. The van der Waals surface area contributed by atoms with Crippen molar-refractivity contribution in [3.63, 3.8) is 0 Å². The minimum Gasteiger partial charge on any atom is -0.465 e. The highest BCUT2D eigenvalue weighted by Gasteiger charge is 2.49. The molecule has 1 unspecified atom stereocenters. The molecule has 4 saturated carbocycles. The van der Waals surface area contributed by atoms with Crippen LogP contribution in [0.15, 0.2) is 0 Å². The van der Waals surface area contributed by atoms with Gasteiger partial charge in [0.05, 0.1) is 23.6 Å². The molecule has 67 heavy (non-hydrogen) atoms. The average molecular weight is 941 g/mol. The maximum Gasteiger partial charge on any atom is 0.407 e. The maximum absolute atomic E-state index is 15.2. The van der Waals surface area contributed by atoms with Crippen molar-refractivity contribution >= 4 is 29.5 Å². The Morgan fingerprint density at radius 3 is 1.48 bits per heavy atom. The van der Waals surface area contributed by atoms with E-state index in [1.54, 1.807) is 0 Å². The number of carbonyl (C=O) groups is 5. The molecular formula is C56H100N4O7. The van der Waals surface area contributed by atoms with E-state index in [1.807, 2.05) is 20.8 Å². The van der Waals surface area contributed by atoms with Crippen LogP contribution in [0.2, 0.25) is 0 Å². The number of alkyl carbamates (subject to hydrolysis) is 1. The van der Waals surface area contributed by atoms with Gasteiger partial charge in [-0.1, -0.05) is 106 Å². The lowest BCUT2D eigenvalue weighted by molar-refractivity contribution is -0.152. The Labute approximate surface area is 408 Å². The lowest BCUT2D eigenvalue weighted by atomic mass is 9.67. The summed E-state index contributed by atoms with van der Waals surface area (Å²) in [5.74, 6) is 0.176. The van der Waals surface area contributed by atoms with Crippen molar-refractivity contribution in [3.05, 3.63) is 0 Å². The fourth-order valence-electron chi connectivity index (χ4n) is 13.1. The van der Waals surface area contributed by atoms with Crippen LogP contribution in [0.25, 0.3) is 0 Å².